The predicted octanol–water partition coefficient (Wildman–Crippen LogP) is 1.67. The van der Waals surface area contributed by atoms with Crippen LogP contribution in [0.2, 0.25) is 0 Å². The van der Waals surface area contributed by atoms with E-state index in [0.29, 0.717) is 0 Å². The summed E-state index contributed by atoms with van der Waals surface area (Å²) in [6.07, 6.45) is 1.03. The van der Waals surface area contributed by atoms with Gasteiger partial charge in [0.05, 0.1) is 16.7 Å². The van der Waals surface area contributed by atoms with Crippen LogP contribution in [-0.4, -0.2) is 30.6 Å². The number of nitro benzene ring substituents is 1. The maximum atomic E-state index is 10.4. The molecular weight excluding hydrogens is 200 g/mol. The van der Waals surface area contributed by atoms with Gasteiger partial charge in [-0.2, -0.15) is 0 Å². The smallest absolute Gasteiger partial charge is 0.278 e. The highest BCUT2D eigenvalue weighted by atomic mass is 16.6. The van der Waals surface area contributed by atoms with E-state index in [0.717, 1.165) is 6.21 Å². The summed E-state index contributed by atoms with van der Waals surface area (Å²) in [4.78, 5) is 9.83. The number of ether oxygens (including phenoxy) is 1. The summed E-state index contributed by atoms with van der Waals surface area (Å²) in [5.41, 5.74) is 0.209. The normalized spacial score (nSPS) is 9.47. The Morgan fingerprint density at radius 3 is 2.47 bits per heavy atom. The van der Waals surface area contributed by atoms with E-state index >= 15 is 0 Å². The van der Waals surface area contributed by atoms with Crippen molar-refractivity contribution < 1.29 is 14.9 Å². The molecule has 1 aromatic carbocycles. The van der Waals surface area contributed by atoms with Gasteiger partial charge in [0.25, 0.3) is 5.69 Å². The number of hydrogen-bond acceptors (Lipinski definition) is 5. The Morgan fingerprint density at radius 2 is 2.00 bits per heavy atom. The van der Waals surface area contributed by atoms with Crippen LogP contribution in [0.25, 0.3) is 0 Å². The predicted molar refractivity (Wildman–Crippen MR) is 55.4 cm³/mol. The maximum absolute atomic E-state index is 10.4. The Bertz CT molecular complexity index is 339. The van der Waals surface area contributed by atoms with Gasteiger partial charge < -0.3 is 9.94 Å². The molecule has 0 bridgehead atoms. The highest BCUT2D eigenvalue weighted by molar-refractivity contribution is 5.84. The Morgan fingerprint density at radius 1 is 1.47 bits per heavy atom. The molecule has 0 aliphatic rings. The van der Waals surface area contributed by atoms with E-state index < -0.39 is 4.92 Å². The van der Waals surface area contributed by atoms with E-state index in [-0.39, 0.29) is 11.3 Å². The van der Waals surface area contributed by atoms with E-state index in [1.54, 1.807) is 26.4 Å². The van der Waals surface area contributed by atoms with Crippen molar-refractivity contribution in [1.29, 1.82) is 0 Å². The second-order valence-corrected chi connectivity index (χ2v) is 2.47. The third-order valence-electron chi connectivity index (χ3n) is 1.33. The molecule has 0 fully saturated rings. The molecule has 1 aromatic rings. The SMILES string of the molecule is COC.O=[N+]([O-])c1ccccc1C=NO. The first-order valence-electron chi connectivity index (χ1n) is 3.98. The summed E-state index contributed by atoms with van der Waals surface area (Å²) >= 11 is 0. The molecule has 1 N–H and O–H groups in total. The number of para-hydroxylation sites is 1. The number of nitro groups is 1. The molecule has 0 aliphatic heterocycles. The molecule has 0 spiro atoms. The molecule has 15 heavy (non-hydrogen) atoms. The van der Waals surface area contributed by atoms with Crippen molar-refractivity contribution in [2.24, 2.45) is 5.16 Å². The Labute approximate surface area is 86.9 Å². The van der Waals surface area contributed by atoms with Gasteiger partial charge in [-0.25, -0.2) is 0 Å². The van der Waals surface area contributed by atoms with E-state index in [4.69, 9.17) is 5.21 Å². The van der Waals surface area contributed by atoms with Crippen LogP contribution in [0.4, 0.5) is 5.69 Å². The number of oxime groups is 1. The van der Waals surface area contributed by atoms with Gasteiger partial charge in [0.15, 0.2) is 0 Å². The number of rotatable bonds is 2. The third kappa shape index (κ3) is 4.72. The van der Waals surface area contributed by atoms with Crippen LogP contribution in [0, 0.1) is 10.1 Å². The fourth-order valence-electron chi connectivity index (χ4n) is 0.825. The Balaban J connectivity index is 0.000000583. The molecule has 1 rings (SSSR count). The van der Waals surface area contributed by atoms with Crippen LogP contribution in [0.3, 0.4) is 0 Å². The van der Waals surface area contributed by atoms with E-state index in [1.165, 1.54) is 12.1 Å². The second kappa shape index (κ2) is 7.45. The fourth-order valence-corrected chi connectivity index (χ4v) is 0.825. The lowest BCUT2D eigenvalue weighted by Crippen LogP contribution is -1.93. The summed E-state index contributed by atoms with van der Waals surface area (Å²) in [6.45, 7) is 0. The summed E-state index contributed by atoms with van der Waals surface area (Å²) in [5.74, 6) is 0. The lowest BCUT2D eigenvalue weighted by atomic mass is 10.2. The molecule has 0 aliphatic carbocycles. The van der Waals surface area contributed by atoms with Crippen molar-refractivity contribution in [3.63, 3.8) is 0 Å². The molecular formula is C9H12N2O4. The Kier molecular flexibility index (Phi) is 6.48. The highest BCUT2D eigenvalue weighted by Crippen LogP contribution is 2.14. The Hall–Kier alpha value is -1.95. The summed E-state index contributed by atoms with van der Waals surface area (Å²) < 4.78 is 4.25. The zero-order valence-corrected chi connectivity index (χ0v) is 8.45. The molecule has 0 radical (unpaired) electrons. The quantitative estimate of drug-likeness (QED) is 0.349. The van der Waals surface area contributed by atoms with E-state index in [2.05, 4.69) is 9.89 Å². The lowest BCUT2D eigenvalue weighted by Gasteiger charge is -1.93. The number of nitrogens with zero attached hydrogens (tertiary/aromatic N) is 2. The van der Waals surface area contributed by atoms with Crippen LogP contribution in [0.15, 0.2) is 29.4 Å². The minimum absolute atomic E-state index is 0.0738. The second-order valence-electron chi connectivity index (χ2n) is 2.47. The van der Waals surface area contributed by atoms with Gasteiger partial charge >= 0.3 is 0 Å². The van der Waals surface area contributed by atoms with Gasteiger partial charge in [-0.15, -0.1) is 0 Å². The number of methoxy groups -OCH3 is 1. The fraction of sp³-hybridized carbons (Fsp3) is 0.222. The van der Waals surface area contributed by atoms with Crippen molar-refractivity contribution in [2.75, 3.05) is 14.2 Å². The first kappa shape index (κ1) is 13.1. The largest absolute Gasteiger partial charge is 0.411 e. The van der Waals surface area contributed by atoms with Crippen molar-refractivity contribution in [3.8, 4) is 0 Å². The standard InChI is InChI=1S/C7H6N2O3.C2H6O/c10-8-5-6-3-1-2-4-7(6)9(11)12;1-3-2/h1-5,10H;1-2H3. The van der Waals surface area contributed by atoms with Gasteiger partial charge in [0.2, 0.25) is 0 Å². The summed E-state index contributed by atoms with van der Waals surface area (Å²) in [6, 6.07) is 6.02. The average Bonchev–Trinajstić information content (AvgIpc) is 2.20. The zero-order chi connectivity index (χ0) is 11.7. The molecule has 6 nitrogen and oxygen atoms in total. The van der Waals surface area contributed by atoms with Crippen LogP contribution >= 0.6 is 0 Å². The molecule has 0 unspecified atom stereocenters. The third-order valence-corrected chi connectivity index (χ3v) is 1.33. The van der Waals surface area contributed by atoms with Crippen molar-refractivity contribution >= 4 is 11.9 Å². The van der Waals surface area contributed by atoms with E-state index in [9.17, 15) is 10.1 Å². The molecule has 0 saturated heterocycles. The molecule has 0 aromatic heterocycles. The minimum atomic E-state index is -0.531. The van der Waals surface area contributed by atoms with Gasteiger partial charge in [-0.3, -0.25) is 10.1 Å². The molecule has 6 heteroatoms. The minimum Gasteiger partial charge on any atom is -0.411 e. The van der Waals surface area contributed by atoms with E-state index in [1.807, 2.05) is 0 Å². The topological polar surface area (TPSA) is 85.0 Å². The van der Waals surface area contributed by atoms with Crippen molar-refractivity contribution in [3.05, 3.63) is 39.9 Å². The summed E-state index contributed by atoms with van der Waals surface area (Å²) in [5, 5.41) is 21.3. The average molecular weight is 212 g/mol. The number of benzene rings is 1. The van der Waals surface area contributed by atoms with Crippen LogP contribution < -0.4 is 0 Å². The van der Waals surface area contributed by atoms with Gasteiger partial charge in [0, 0.05) is 20.3 Å². The van der Waals surface area contributed by atoms with Crippen LogP contribution in [-0.2, 0) is 4.74 Å². The highest BCUT2D eigenvalue weighted by Gasteiger charge is 2.09. The van der Waals surface area contributed by atoms with Crippen LogP contribution in [0.1, 0.15) is 5.56 Å². The molecule has 0 amide bonds. The molecule has 0 heterocycles. The molecule has 0 atom stereocenters. The molecule has 0 saturated carbocycles. The maximum Gasteiger partial charge on any atom is 0.278 e. The van der Waals surface area contributed by atoms with Crippen LogP contribution in [0.5, 0.6) is 0 Å². The summed E-state index contributed by atoms with van der Waals surface area (Å²) in [7, 11) is 3.25. The van der Waals surface area contributed by atoms with Gasteiger partial charge in [-0.1, -0.05) is 17.3 Å². The first-order valence-corrected chi connectivity index (χ1v) is 3.98. The monoisotopic (exact) mass is 212 g/mol. The zero-order valence-electron chi connectivity index (χ0n) is 8.45. The van der Waals surface area contributed by atoms with Crippen molar-refractivity contribution in [1.82, 2.24) is 0 Å². The van der Waals surface area contributed by atoms with Gasteiger partial charge in [-0.05, 0) is 6.07 Å². The van der Waals surface area contributed by atoms with Gasteiger partial charge in [0.1, 0.15) is 0 Å². The number of hydrogen-bond donors (Lipinski definition) is 1. The molecule has 82 valence electrons. The first-order chi connectivity index (χ1) is 7.17. The lowest BCUT2D eigenvalue weighted by molar-refractivity contribution is -0.385. The van der Waals surface area contributed by atoms with Crippen molar-refractivity contribution in [2.45, 2.75) is 0 Å².